The number of nitrogens with one attached hydrogen (secondary N) is 1. The molecule has 0 aliphatic heterocycles. The van der Waals surface area contributed by atoms with Crippen LogP contribution in [0.5, 0.6) is 0 Å². The van der Waals surface area contributed by atoms with Gasteiger partial charge >= 0.3 is 5.97 Å². The van der Waals surface area contributed by atoms with Crippen LogP contribution in [0.25, 0.3) is 0 Å². The summed E-state index contributed by atoms with van der Waals surface area (Å²) in [5.41, 5.74) is 0.926. The van der Waals surface area contributed by atoms with Gasteiger partial charge in [0.1, 0.15) is 12.6 Å². The second kappa shape index (κ2) is 6.68. The summed E-state index contributed by atoms with van der Waals surface area (Å²) in [4.78, 5) is 22.6. The first kappa shape index (κ1) is 13.2. The van der Waals surface area contributed by atoms with Crippen molar-refractivity contribution in [1.29, 1.82) is 0 Å². The molecule has 0 spiro atoms. The fraction of sp³-hybridized carbons (Fsp3) is 0.385. The van der Waals surface area contributed by atoms with Gasteiger partial charge in [-0.2, -0.15) is 0 Å². The summed E-state index contributed by atoms with van der Waals surface area (Å²) in [6.45, 7) is 3.57. The van der Waals surface area contributed by atoms with Crippen LogP contribution in [0.3, 0.4) is 0 Å². The van der Waals surface area contributed by atoms with E-state index in [1.165, 1.54) is 0 Å². The minimum absolute atomic E-state index is 0.158. The second-order valence-corrected chi connectivity index (χ2v) is 3.74. The number of rotatable bonds is 5. The Morgan fingerprint density at radius 1 is 1.29 bits per heavy atom. The molecule has 4 nitrogen and oxygen atoms in total. The van der Waals surface area contributed by atoms with Crippen molar-refractivity contribution in [3.05, 3.63) is 35.9 Å². The SMILES string of the molecule is CCC(=O)NC(C)C(=O)OCc1ccccc1. The molecule has 92 valence electrons. The first-order valence-corrected chi connectivity index (χ1v) is 5.63. The lowest BCUT2D eigenvalue weighted by molar-refractivity contribution is -0.148. The van der Waals surface area contributed by atoms with E-state index in [0.29, 0.717) is 6.42 Å². The van der Waals surface area contributed by atoms with Gasteiger partial charge in [-0.1, -0.05) is 37.3 Å². The quantitative estimate of drug-likeness (QED) is 0.789. The highest BCUT2D eigenvalue weighted by molar-refractivity contribution is 5.83. The highest BCUT2D eigenvalue weighted by Gasteiger charge is 2.15. The summed E-state index contributed by atoms with van der Waals surface area (Å²) in [6, 6.07) is 8.81. The summed E-state index contributed by atoms with van der Waals surface area (Å²) in [7, 11) is 0. The molecule has 0 aliphatic carbocycles. The number of carbonyl (C=O) groups excluding carboxylic acids is 2. The molecular formula is C13H17NO3. The van der Waals surface area contributed by atoms with Crippen LogP contribution >= 0.6 is 0 Å². The molecule has 1 aromatic carbocycles. The number of carbonyl (C=O) groups is 2. The van der Waals surface area contributed by atoms with Crippen molar-refractivity contribution in [1.82, 2.24) is 5.32 Å². The van der Waals surface area contributed by atoms with E-state index in [0.717, 1.165) is 5.56 Å². The predicted molar refractivity (Wildman–Crippen MR) is 64.1 cm³/mol. The van der Waals surface area contributed by atoms with Crippen LogP contribution in [0.1, 0.15) is 25.8 Å². The van der Waals surface area contributed by atoms with E-state index < -0.39 is 12.0 Å². The van der Waals surface area contributed by atoms with E-state index in [1.807, 2.05) is 30.3 Å². The molecular weight excluding hydrogens is 218 g/mol. The Morgan fingerprint density at radius 3 is 2.53 bits per heavy atom. The van der Waals surface area contributed by atoms with Gasteiger partial charge < -0.3 is 10.1 Å². The molecule has 1 N–H and O–H groups in total. The molecule has 4 heteroatoms. The average Bonchev–Trinajstić information content (AvgIpc) is 2.36. The van der Waals surface area contributed by atoms with Crippen molar-refractivity contribution in [2.45, 2.75) is 32.9 Å². The highest BCUT2D eigenvalue weighted by Crippen LogP contribution is 2.01. The standard InChI is InChI=1S/C13H17NO3/c1-3-12(15)14-10(2)13(16)17-9-11-7-5-4-6-8-11/h4-8,10H,3,9H2,1-2H3,(H,14,15). The van der Waals surface area contributed by atoms with E-state index in [2.05, 4.69) is 5.32 Å². The normalized spacial score (nSPS) is 11.6. The molecule has 1 rings (SSSR count). The van der Waals surface area contributed by atoms with Crippen LogP contribution in [-0.2, 0) is 20.9 Å². The van der Waals surface area contributed by atoms with Crippen LogP contribution in [0, 0.1) is 0 Å². The Labute approximate surface area is 101 Å². The predicted octanol–water partition coefficient (Wildman–Crippen LogP) is 1.64. The third kappa shape index (κ3) is 4.68. The maximum absolute atomic E-state index is 11.5. The zero-order valence-corrected chi connectivity index (χ0v) is 10.1. The van der Waals surface area contributed by atoms with E-state index in [4.69, 9.17) is 4.74 Å². The Kier molecular flexibility index (Phi) is 5.20. The Bertz CT molecular complexity index is 376. The average molecular weight is 235 g/mol. The minimum atomic E-state index is -0.605. The molecule has 0 aromatic heterocycles. The molecule has 0 aliphatic rings. The van der Waals surface area contributed by atoms with E-state index in [-0.39, 0.29) is 12.5 Å². The van der Waals surface area contributed by atoms with Gasteiger partial charge in [-0.25, -0.2) is 4.79 Å². The molecule has 1 aromatic rings. The summed E-state index contributed by atoms with van der Waals surface area (Å²) >= 11 is 0. The van der Waals surface area contributed by atoms with Crippen LogP contribution in [-0.4, -0.2) is 17.9 Å². The summed E-state index contributed by atoms with van der Waals surface area (Å²) in [6.07, 6.45) is 0.357. The Balaban J connectivity index is 2.37. The molecule has 0 saturated carbocycles. The van der Waals surface area contributed by atoms with Crippen molar-refractivity contribution >= 4 is 11.9 Å². The first-order valence-electron chi connectivity index (χ1n) is 5.63. The fourth-order valence-electron chi connectivity index (χ4n) is 1.26. The van der Waals surface area contributed by atoms with Crippen molar-refractivity contribution in [2.24, 2.45) is 0 Å². The first-order chi connectivity index (χ1) is 8.13. The lowest BCUT2D eigenvalue weighted by atomic mass is 10.2. The number of hydrogen-bond acceptors (Lipinski definition) is 3. The molecule has 0 radical (unpaired) electrons. The Morgan fingerprint density at radius 2 is 1.94 bits per heavy atom. The van der Waals surface area contributed by atoms with Crippen molar-refractivity contribution < 1.29 is 14.3 Å². The van der Waals surface area contributed by atoms with Crippen LogP contribution in [0.4, 0.5) is 0 Å². The lowest BCUT2D eigenvalue weighted by Crippen LogP contribution is -2.39. The fourth-order valence-corrected chi connectivity index (χ4v) is 1.26. The van der Waals surface area contributed by atoms with Gasteiger partial charge in [-0.15, -0.1) is 0 Å². The van der Waals surface area contributed by atoms with Crippen LogP contribution in [0.2, 0.25) is 0 Å². The van der Waals surface area contributed by atoms with Gasteiger partial charge in [0.05, 0.1) is 0 Å². The van der Waals surface area contributed by atoms with Gasteiger partial charge in [0.2, 0.25) is 5.91 Å². The summed E-state index contributed by atoms with van der Waals surface area (Å²) in [5.74, 6) is -0.579. The van der Waals surface area contributed by atoms with Crippen molar-refractivity contribution in [2.75, 3.05) is 0 Å². The number of esters is 1. The number of hydrogen-bond donors (Lipinski definition) is 1. The van der Waals surface area contributed by atoms with Gasteiger partial charge in [-0.3, -0.25) is 4.79 Å². The van der Waals surface area contributed by atoms with Gasteiger partial charge in [0, 0.05) is 6.42 Å². The molecule has 0 saturated heterocycles. The molecule has 0 bridgehead atoms. The molecule has 1 atom stereocenters. The molecule has 1 amide bonds. The Hall–Kier alpha value is -1.84. The van der Waals surface area contributed by atoms with E-state index in [1.54, 1.807) is 13.8 Å². The van der Waals surface area contributed by atoms with Crippen LogP contribution in [0.15, 0.2) is 30.3 Å². The van der Waals surface area contributed by atoms with Gasteiger partial charge in [0.25, 0.3) is 0 Å². The van der Waals surface area contributed by atoms with Crippen LogP contribution < -0.4 is 5.32 Å². The van der Waals surface area contributed by atoms with Crippen molar-refractivity contribution in [3.8, 4) is 0 Å². The zero-order valence-electron chi connectivity index (χ0n) is 10.1. The molecule has 0 fully saturated rings. The van der Waals surface area contributed by atoms with E-state index in [9.17, 15) is 9.59 Å². The van der Waals surface area contributed by atoms with Crippen molar-refractivity contribution in [3.63, 3.8) is 0 Å². The smallest absolute Gasteiger partial charge is 0.328 e. The summed E-state index contributed by atoms with van der Waals surface area (Å²) in [5, 5.41) is 2.55. The molecule has 17 heavy (non-hydrogen) atoms. The molecule has 1 unspecified atom stereocenters. The largest absolute Gasteiger partial charge is 0.459 e. The number of benzene rings is 1. The van der Waals surface area contributed by atoms with Gasteiger partial charge in [0.15, 0.2) is 0 Å². The monoisotopic (exact) mass is 235 g/mol. The topological polar surface area (TPSA) is 55.4 Å². The number of ether oxygens (including phenoxy) is 1. The third-order valence-corrected chi connectivity index (χ3v) is 2.28. The zero-order chi connectivity index (χ0) is 12.7. The molecule has 0 heterocycles. The summed E-state index contributed by atoms with van der Waals surface area (Å²) < 4.78 is 5.08. The van der Waals surface area contributed by atoms with E-state index >= 15 is 0 Å². The highest BCUT2D eigenvalue weighted by atomic mass is 16.5. The third-order valence-electron chi connectivity index (χ3n) is 2.28. The second-order valence-electron chi connectivity index (χ2n) is 3.74. The maximum Gasteiger partial charge on any atom is 0.328 e. The maximum atomic E-state index is 11.5. The number of amides is 1. The van der Waals surface area contributed by atoms with Gasteiger partial charge in [-0.05, 0) is 12.5 Å². The minimum Gasteiger partial charge on any atom is -0.459 e. The lowest BCUT2D eigenvalue weighted by Gasteiger charge is -2.12.